The summed E-state index contributed by atoms with van der Waals surface area (Å²) in [5.74, 6) is -0.870. The molecular weight excluding hydrogens is 310 g/mol. The van der Waals surface area contributed by atoms with Gasteiger partial charge in [0.25, 0.3) is 0 Å². The van der Waals surface area contributed by atoms with Crippen LogP contribution in [0.15, 0.2) is 30.3 Å². The Morgan fingerprint density at radius 2 is 1.75 bits per heavy atom. The number of amides is 1. The summed E-state index contributed by atoms with van der Waals surface area (Å²) in [4.78, 5) is 35.5. The summed E-state index contributed by atoms with van der Waals surface area (Å²) in [5, 5.41) is 2.69. The van der Waals surface area contributed by atoms with Crippen LogP contribution in [0.3, 0.4) is 0 Å². The van der Waals surface area contributed by atoms with E-state index >= 15 is 0 Å². The zero-order chi connectivity index (χ0) is 18.2. The molecular formula is C18H25NO5. The zero-order valence-corrected chi connectivity index (χ0v) is 14.6. The number of Topliss-reactive ketones (excluding diaryl/α,β-unsaturated/α-hetero) is 1. The molecule has 0 fully saturated rings. The van der Waals surface area contributed by atoms with Crippen molar-refractivity contribution in [3.05, 3.63) is 35.9 Å². The van der Waals surface area contributed by atoms with Crippen LogP contribution < -0.4 is 5.32 Å². The number of hydrogen-bond acceptors (Lipinski definition) is 5. The first-order chi connectivity index (χ1) is 11.2. The van der Waals surface area contributed by atoms with Crippen molar-refractivity contribution >= 4 is 17.8 Å². The number of esters is 1. The van der Waals surface area contributed by atoms with Crippen LogP contribution in [0.25, 0.3) is 0 Å². The third-order valence-corrected chi connectivity index (χ3v) is 2.97. The van der Waals surface area contributed by atoms with Crippen LogP contribution >= 0.6 is 0 Å². The number of hydrogen-bond donors (Lipinski definition) is 1. The number of carbonyl (C=O) groups is 3. The van der Waals surface area contributed by atoms with Crippen molar-refractivity contribution in [1.82, 2.24) is 5.32 Å². The smallest absolute Gasteiger partial charge is 0.408 e. The van der Waals surface area contributed by atoms with Crippen LogP contribution in [0.4, 0.5) is 4.79 Å². The summed E-state index contributed by atoms with van der Waals surface area (Å²) in [6, 6.07) is 8.51. The van der Waals surface area contributed by atoms with Crippen LogP contribution in [0.1, 0.15) is 52.1 Å². The molecule has 0 aromatic heterocycles. The van der Waals surface area contributed by atoms with Crippen molar-refractivity contribution in [2.45, 2.75) is 52.2 Å². The summed E-state index contributed by atoms with van der Waals surface area (Å²) in [7, 11) is 0. The van der Waals surface area contributed by atoms with E-state index in [2.05, 4.69) is 5.32 Å². The molecule has 1 rings (SSSR count). The van der Waals surface area contributed by atoms with Gasteiger partial charge >= 0.3 is 12.1 Å². The normalized spacial score (nSPS) is 12.2. The predicted molar refractivity (Wildman–Crippen MR) is 89.4 cm³/mol. The van der Waals surface area contributed by atoms with E-state index in [4.69, 9.17) is 9.47 Å². The fraction of sp³-hybridized carbons (Fsp3) is 0.500. The predicted octanol–water partition coefficient (Wildman–Crippen LogP) is 3.16. The number of nitrogens with one attached hydrogen (secondary N) is 1. The highest BCUT2D eigenvalue weighted by Gasteiger charge is 2.23. The molecule has 1 atom stereocenters. The van der Waals surface area contributed by atoms with Gasteiger partial charge in [-0.05, 0) is 33.3 Å². The van der Waals surface area contributed by atoms with E-state index in [9.17, 15) is 14.4 Å². The molecule has 1 N–H and O–H groups in total. The van der Waals surface area contributed by atoms with Gasteiger partial charge in [0.15, 0.2) is 0 Å². The number of alkyl carbamates (subject to hydrolysis) is 1. The van der Waals surface area contributed by atoms with E-state index < -0.39 is 23.7 Å². The van der Waals surface area contributed by atoms with E-state index in [1.54, 1.807) is 39.8 Å². The lowest BCUT2D eigenvalue weighted by atomic mass is 10.0. The minimum absolute atomic E-state index is 0.0118. The lowest BCUT2D eigenvalue weighted by Gasteiger charge is -2.23. The Kier molecular flexibility index (Phi) is 7.42. The molecule has 0 aliphatic carbocycles. The zero-order valence-electron chi connectivity index (χ0n) is 14.6. The molecule has 0 bridgehead atoms. The summed E-state index contributed by atoms with van der Waals surface area (Å²) >= 11 is 0. The van der Waals surface area contributed by atoms with Gasteiger partial charge in [-0.3, -0.25) is 9.59 Å². The first-order valence-electron chi connectivity index (χ1n) is 7.93. The van der Waals surface area contributed by atoms with Crippen LogP contribution in [-0.4, -0.2) is 30.1 Å². The third-order valence-electron chi connectivity index (χ3n) is 2.97. The number of carbonyl (C=O) groups excluding carboxylic acids is 3. The van der Waals surface area contributed by atoms with Gasteiger partial charge in [0.1, 0.15) is 17.8 Å². The van der Waals surface area contributed by atoms with Crippen molar-refractivity contribution in [2.24, 2.45) is 0 Å². The lowest BCUT2D eigenvalue weighted by molar-refractivity contribution is -0.145. The van der Waals surface area contributed by atoms with Crippen LogP contribution in [-0.2, 0) is 19.1 Å². The minimum atomic E-state index is -0.639. The van der Waals surface area contributed by atoms with Crippen molar-refractivity contribution in [3.63, 3.8) is 0 Å². The second kappa shape index (κ2) is 9.05. The molecule has 1 aromatic carbocycles. The Morgan fingerprint density at radius 1 is 1.12 bits per heavy atom. The van der Waals surface area contributed by atoms with Crippen LogP contribution in [0.2, 0.25) is 0 Å². The second-order valence-electron chi connectivity index (χ2n) is 6.33. The Bertz CT molecular complexity index is 563. The molecule has 0 spiro atoms. The van der Waals surface area contributed by atoms with E-state index in [1.165, 1.54) is 0 Å². The molecule has 0 saturated heterocycles. The molecule has 0 heterocycles. The molecule has 24 heavy (non-hydrogen) atoms. The first kappa shape index (κ1) is 19.7. The number of benzene rings is 1. The molecule has 1 unspecified atom stereocenters. The minimum Gasteiger partial charge on any atom is -0.466 e. The Morgan fingerprint density at radius 3 is 2.29 bits per heavy atom. The van der Waals surface area contributed by atoms with Gasteiger partial charge in [0.2, 0.25) is 0 Å². The monoisotopic (exact) mass is 335 g/mol. The highest BCUT2D eigenvalue weighted by atomic mass is 16.6. The Balaban J connectivity index is 2.78. The SMILES string of the molecule is CCOC(=O)CC(=O)CC(NC(=O)OC(C)(C)C)c1ccccc1. The lowest BCUT2D eigenvalue weighted by Crippen LogP contribution is -2.36. The number of ketones is 1. The second-order valence-corrected chi connectivity index (χ2v) is 6.33. The first-order valence-corrected chi connectivity index (χ1v) is 7.93. The molecule has 6 heteroatoms. The largest absolute Gasteiger partial charge is 0.466 e. The topological polar surface area (TPSA) is 81.7 Å². The summed E-state index contributed by atoms with van der Waals surface area (Å²) < 4.78 is 10.0. The molecule has 0 aliphatic rings. The van der Waals surface area contributed by atoms with Gasteiger partial charge in [-0.2, -0.15) is 0 Å². The molecule has 0 saturated carbocycles. The van der Waals surface area contributed by atoms with E-state index in [-0.39, 0.29) is 25.2 Å². The van der Waals surface area contributed by atoms with Crippen molar-refractivity contribution in [1.29, 1.82) is 0 Å². The highest BCUT2D eigenvalue weighted by molar-refractivity contribution is 5.96. The van der Waals surface area contributed by atoms with Crippen LogP contribution in [0, 0.1) is 0 Å². The maximum Gasteiger partial charge on any atom is 0.408 e. The quantitative estimate of drug-likeness (QED) is 0.611. The summed E-state index contributed by atoms with van der Waals surface area (Å²) in [6.45, 7) is 7.19. The van der Waals surface area contributed by atoms with E-state index in [0.29, 0.717) is 0 Å². The number of rotatable bonds is 7. The summed E-state index contributed by atoms with van der Waals surface area (Å²) in [6.07, 6.45) is -0.935. The van der Waals surface area contributed by atoms with Crippen molar-refractivity contribution < 1.29 is 23.9 Å². The van der Waals surface area contributed by atoms with Gasteiger partial charge in [-0.15, -0.1) is 0 Å². The standard InChI is InChI=1S/C18H25NO5/c1-5-23-16(21)12-14(20)11-15(13-9-7-6-8-10-13)19-17(22)24-18(2,3)4/h6-10,15H,5,11-12H2,1-4H3,(H,19,22). The summed E-state index contributed by atoms with van der Waals surface area (Å²) in [5.41, 5.74) is 0.126. The highest BCUT2D eigenvalue weighted by Crippen LogP contribution is 2.19. The Hall–Kier alpha value is -2.37. The van der Waals surface area contributed by atoms with Gasteiger partial charge in [0, 0.05) is 6.42 Å². The average molecular weight is 335 g/mol. The molecule has 1 aromatic rings. The van der Waals surface area contributed by atoms with E-state index in [0.717, 1.165) is 5.56 Å². The average Bonchev–Trinajstić information content (AvgIpc) is 2.45. The maximum atomic E-state index is 12.1. The molecule has 6 nitrogen and oxygen atoms in total. The third kappa shape index (κ3) is 7.76. The van der Waals surface area contributed by atoms with E-state index in [1.807, 2.05) is 18.2 Å². The fourth-order valence-electron chi connectivity index (χ4n) is 2.06. The van der Waals surface area contributed by atoms with Gasteiger partial charge in [-0.1, -0.05) is 30.3 Å². The van der Waals surface area contributed by atoms with Gasteiger partial charge in [0.05, 0.1) is 12.6 Å². The molecule has 132 valence electrons. The fourth-order valence-corrected chi connectivity index (χ4v) is 2.06. The van der Waals surface area contributed by atoms with Gasteiger partial charge < -0.3 is 14.8 Å². The van der Waals surface area contributed by atoms with Crippen LogP contribution in [0.5, 0.6) is 0 Å². The Labute approximate surface area is 142 Å². The molecule has 0 aliphatic heterocycles. The molecule has 1 amide bonds. The van der Waals surface area contributed by atoms with Crippen molar-refractivity contribution in [3.8, 4) is 0 Å². The maximum absolute atomic E-state index is 12.1. The van der Waals surface area contributed by atoms with Crippen molar-refractivity contribution in [2.75, 3.05) is 6.61 Å². The van der Waals surface area contributed by atoms with Gasteiger partial charge in [-0.25, -0.2) is 4.79 Å². The molecule has 0 radical (unpaired) electrons. The number of ether oxygens (including phenoxy) is 2.